The van der Waals surface area contributed by atoms with Crippen LogP contribution in [0.1, 0.15) is 30.6 Å². The van der Waals surface area contributed by atoms with Gasteiger partial charge in [0.15, 0.2) is 5.78 Å². The van der Waals surface area contributed by atoms with Gasteiger partial charge in [0.25, 0.3) is 0 Å². The Balaban J connectivity index is 2.84. The van der Waals surface area contributed by atoms with Crippen molar-refractivity contribution in [3.63, 3.8) is 0 Å². The molecule has 0 saturated heterocycles. The summed E-state index contributed by atoms with van der Waals surface area (Å²) in [4.78, 5) is 12.3. The van der Waals surface area contributed by atoms with Gasteiger partial charge in [-0.05, 0) is 13.3 Å². The highest BCUT2D eigenvalue weighted by molar-refractivity contribution is 9.10. The second-order valence-electron chi connectivity index (χ2n) is 3.65. The summed E-state index contributed by atoms with van der Waals surface area (Å²) in [5.74, 6) is 0.0871. The molecule has 0 radical (unpaired) electrons. The summed E-state index contributed by atoms with van der Waals surface area (Å²) in [5.41, 5.74) is 0.723. The van der Waals surface area contributed by atoms with Crippen molar-refractivity contribution in [1.82, 2.24) is 0 Å². The van der Waals surface area contributed by atoms with Gasteiger partial charge in [-0.15, -0.1) is 0 Å². The maximum absolute atomic E-state index is 12.3. The van der Waals surface area contributed by atoms with Crippen LogP contribution in [0, 0.1) is 0 Å². The van der Waals surface area contributed by atoms with E-state index in [4.69, 9.17) is 4.74 Å². The minimum Gasteiger partial charge on any atom is -0.380 e. The lowest BCUT2D eigenvalue weighted by molar-refractivity contribution is 0.0799. The van der Waals surface area contributed by atoms with Crippen LogP contribution in [0.25, 0.3) is 0 Å². The third-order valence-electron chi connectivity index (χ3n) is 2.54. The predicted molar refractivity (Wildman–Crippen MR) is 69.2 cm³/mol. The highest BCUT2D eigenvalue weighted by Gasteiger charge is 2.34. The minimum absolute atomic E-state index is 0.0871. The van der Waals surface area contributed by atoms with Gasteiger partial charge in [-0.2, -0.15) is 0 Å². The number of alkyl halides is 1. The number of carbonyl (C=O) groups is 1. The van der Waals surface area contributed by atoms with Crippen LogP contribution in [0.3, 0.4) is 0 Å². The Kier molecular flexibility index (Phi) is 5.16. The summed E-state index contributed by atoms with van der Waals surface area (Å²) in [5, 5.41) is 0. The average molecular weight is 285 g/mol. The minimum atomic E-state index is -0.593. The van der Waals surface area contributed by atoms with E-state index >= 15 is 0 Å². The van der Waals surface area contributed by atoms with Crippen LogP contribution in [-0.4, -0.2) is 23.3 Å². The van der Waals surface area contributed by atoms with Crippen LogP contribution in [0.15, 0.2) is 30.3 Å². The molecule has 1 atom stereocenters. The zero-order chi connectivity index (χ0) is 12.0. The van der Waals surface area contributed by atoms with Gasteiger partial charge in [-0.3, -0.25) is 4.79 Å². The summed E-state index contributed by atoms with van der Waals surface area (Å²) in [7, 11) is 0. The zero-order valence-electron chi connectivity index (χ0n) is 9.70. The Labute approximate surface area is 105 Å². The van der Waals surface area contributed by atoms with Crippen LogP contribution in [0.4, 0.5) is 0 Å². The second-order valence-corrected chi connectivity index (χ2v) is 5.17. The largest absolute Gasteiger partial charge is 0.380 e. The van der Waals surface area contributed by atoms with Crippen molar-refractivity contribution >= 4 is 21.7 Å². The Morgan fingerprint density at radius 2 is 1.94 bits per heavy atom. The number of hydrogen-bond acceptors (Lipinski definition) is 2. The number of halogens is 1. The number of hydrogen-bond donors (Lipinski definition) is 0. The molecular weight excluding hydrogens is 268 g/mol. The molecule has 0 aliphatic carbocycles. The quantitative estimate of drug-likeness (QED) is 0.591. The molecule has 0 bridgehead atoms. The highest BCUT2D eigenvalue weighted by atomic mass is 79.9. The van der Waals surface area contributed by atoms with Crippen molar-refractivity contribution in [2.75, 3.05) is 13.2 Å². The fraction of sp³-hybridized carbons (Fsp3) is 0.462. The van der Waals surface area contributed by atoms with E-state index < -0.39 is 4.32 Å². The van der Waals surface area contributed by atoms with Crippen molar-refractivity contribution in [2.45, 2.75) is 24.6 Å². The predicted octanol–water partition coefficient (Wildman–Crippen LogP) is 3.45. The number of Topliss-reactive ketones (excluding diaryl/α,β-unsaturated/α-hetero) is 1. The topological polar surface area (TPSA) is 26.3 Å². The molecule has 1 aromatic rings. The van der Waals surface area contributed by atoms with Gasteiger partial charge in [0, 0.05) is 12.2 Å². The molecule has 1 rings (SSSR count). The zero-order valence-corrected chi connectivity index (χ0v) is 11.3. The van der Waals surface area contributed by atoms with E-state index in [9.17, 15) is 4.79 Å². The molecule has 0 amide bonds. The maximum Gasteiger partial charge on any atom is 0.181 e. The first-order valence-corrected chi connectivity index (χ1v) is 6.30. The molecule has 0 aromatic heterocycles. The molecule has 2 nitrogen and oxygen atoms in total. The van der Waals surface area contributed by atoms with Gasteiger partial charge in [0.1, 0.15) is 4.32 Å². The third kappa shape index (κ3) is 3.16. The van der Waals surface area contributed by atoms with Gasteiger partial charge in [0.05, 0.1) is 6.61 Å². The molecule has 3 heteroatoms. The lowest BCUT2D eigenvalue weighted by atomic mass is 9.96. The molecule has 0 aliphatic heterocycles. The monoisotopic (exact) mass is 284 g/mol. The molecule has 88 valence electrons. The summed E-state index contributed by atoms with van der Waals surface area (Å²) in [6, 6.07) is 9.31. The number of benzene rings is 1. The van der Waals surface area contributed by atoms with Crippen LogP contribution in [0.2, 0.25) is 0 Å². The molecule has 0 spiro atoms. The van der Waals surface area contributed by atoms with Gasteiger partial charge < -0.3 is 4.74 Å². The van der Waals surface area contributed by atoms with Crippen molar-refractivity contribution in [1.29, 1.82) is 0 Å². The smallest absolute Gasteiger partial charge is 0.181 e. The molecular formula is C13H17BrO2. The lowest BCUT2D eigenvalue weighted by Crippen LogP contribution is -2.36. The number of rotatable bonds is 6. The molecule has 0 aliphatic rings. The molecule has 1 aromatic carbocycles. The summed E-state index contributed by atoms with van der Waals surface area (Å²) in [6.45, 7) is 4.94. The number of ether oxygens (including phenoxy) is 1. The van der Waals surface area contributed by atoms with Crippen molar-refractivity contribution in [2.24, 2.45) is 0 Å². The molecule has 1 unspecified atom stereocenters. The summed E-state index contributed by atoms with van der Waals surface area (Å²) >= 11 is 3.51. The SMILES string of the molecule is CCOCC(Br)(CC)C(=O)c1ccccc1. The molecule has 0 N–H and O–H groups in total. The second kappa shape index (κ2) is 6.16. The standard InChI is InChI=1S/C13H17BrO2/c1-3-13(14,10-16-4-2)12(15)11-8-6-5-7-9-11/h5-9H,3-4,10H2,1-2H3. The Morgan fingerprint density at radius 3 is 2.44 bits per heavy atom. The van der Waals surface area contributed by atoms with Gasteiger partial charge in [-0.1, -0.05) is 53.2 Å². The highest BCUT2D eigenvalue weighted by Crippen LogP contribution is 2.27. The van der Waals surface area contributed by atoms with E-state index in [1.165, 1.54) is 0 Å². The van der Waals surface area contributed by atoms with Crippen molar-refractivity contribution < 1.29 is 9.53 Å². The van der Waals surface area contributed by atoms with Crippen molar-refractivity contribution in [3.05, 3.63) is 35.9 Å². The molecule has 16 heavy (non-hydrogen) atoms. The first-order valence-electron chi connectivity index (χ1n) is 5.50. The summed E-state index contributed by atoms with van der Waals surface area (Å²) < 4.78 is 4.77. The lowest BCUT2D eigenvalue weighted by Gasteiger charge is -2.24. The normalized spacial score (nSPS) is 14.4. The van der Waals surface area contributed by atoms with E-state index in [0.29, 0.717) is 19.6 Å². The van der Waals surface area contributed by atoms with Crippen LogP contribution in [-0.2, 0) is 4.74 Å². The molecule has 0 heterocycles. The van der Waals surface area contributed by atoms with Gasteiger partial charge >= 0.3 is 0 Å². The molecule has 0 saturated carbocycles. The van der Waals surface area contributed by atoms with E-state index in [0.717, 1.165) is 5.56 Å². The van der Waals surface area contributed by atoms with Gasteiger partial charge in [-0.25, -0.2) is 0 Å². The van der Waals surface area contributed by atoms with Crippen LogP contribution in [0.5, 0.6) is 0 Å². The number of ketones is 1. The molecule has 0 fully saturated rings. The first kappa shape index (κ1) is 13.4. The average Bonchev–Trinajstić information content (AvgIpc) is 2.36. The van der Waals surface area contributed by atoms with E-state index in [1.54, 1.807) is 0 Å². The van der Waals surface area contributed by atoms with E-state index in [2.05, 4.69) is 15.9 Å². The third-order valence-corrected chi connectivity index (χ3v) is 3.69. The fourth-order valence-electron chi connectivity index (χ4n) is 1.44. The van der Waals surface area contributed by atoms with Crippen molar-refractivity contribution in [3.8, 4) is 0 Å². The van der Waals surface area contributed by atoms with Gasteiger partial charge in [0.2, 0.25) is 0 Å². The van der Waals surface area contributed by atoms with Crippen LogP contribution >= 0.6 is 15.9 Å². The van der Waals surface area contributed by atoms with E-state index in [1.807, 2.05) is 44.2 Å². The van der Waals surface area contributed by atoms with Crippen LogP contribution < -0.4 is 0 Å². The number of carbonyl (C=O) groups excluding carboxylic acids is 1. The Hall–Kier alpha value is -0.670. The maximum atomic E-state index is 12.3. The first-order chi connectivity index (χ1) is 7.64. The fourth-order valence-corrected chi connectivity index (χ4v) is 1.83. The summed E-state index contributed by atoms with van der Waals surface area (Å²) in [6.07, 6.45) is 0.709. The Bertz CT molecular complexity index is 337. The Morgan fingerprint density at radius 1 is 1.31 bits per heavy atom. The van der Waals surface area contributed by atoms with E-state index in [-0.39, 0.29) is 5.78 Å².